The minimum absolute atomic E-state index is 0.169. The molecule has 0 bridgehead atoms. The predicted molar refractivity (Wildman–Crippen MR) is 98.9 cm³/mol. The number of carbonyl (C=O) groups is 1. The molecule has 2 aromatic carbocycles. The zero-order valence-corrected chi connectivity index (χ0v) is 14.4. The summed E-state index contributed by atoms with van der Waals surface area (Å²) in [7, 11) is 2.09. The van der Waals surface area contributed by atoms with Crippen molar-refractivity contribution in [3.05, 3.63) is 59.4 Å². The number of rotatable bonds is 3. The number of carbonyl (C=O) groups excluding carboxylic acids is 1. The number of aryl methyl sites for hydroxylation is 1. The fourth-order valence-electron chi connectivity index (χ4n) is 3.95. The van der Waals surface area contributed by atoms with Crippen molar-refractivity contribution in [3.63, 3.8) is 0 Å². The first-order valence-electron chi connectivity index (χ1n) is 9.04. The Bertz CT molecular complexity index is 984. The van der Waals surface area contributed by atoms with Crippen LogP contribution in [-0.4, -0.2) is 22.0 Å². The smallest absolute Gasteiger partial charge is 0.231 e. The van der Waals surface area contributed by atoms with Crippen LogP contribution in [0.1, 0.15) is 35.7 Å². The first kappa shape index (κ1) is 14.7. The van der Waals surface area contributed by atoms with Gasteiger partial charge >= 0.3 is 0 Å². The van der Waals surface area contributed by atoms with Gasteiger partial charge in [0.25, 0.3) is 0 Å². The van der Waals surface area contributed by atoms with E-state index in [-0.39, 0.29) is 5.91 Å². The maximum absolute atomic E-state index is 12.8. The zero-order chi connectivity index (χ0) is 17.0. The molecule has 0 unspecified atom stereocenters. The molecule has 0 N–H and O–H groups in total. The topological polar surface area (TPSA) is 38.1 Å². The van der Waals surface area contributed by atoms with Crippen LogP contribution in [0.3, 0.4) is 0 Å². The summed E-state index contributed by atoms with van der Waals surface area (Å²) >= 11 is 0. The van der Waals surface area contributed by atoms with Gasteiger partial charge < -0.3 is 9.47 Å². The van der Waals surface area contributed by atoms with Crippen LogP contribution in [0.2, 0.25) is 0 Å². The zero-order valence-electron chi connectivity index (χ0n) is 14.4. The van der Waals surface area contributed by atoms with Gasteiger partial charge in [0.1, 0.15) is 5.82 Å². The number of hydrogen-bond donors (Lipinski definition) is 0. The molecule has 126 valence electrons. The van der Waals surface area contributed by atoms with E-state index in [1.165, 1.54) is 24.2 Å². The Hall–Kier alpha value is -2.62. The van der Waals surface area contributed by atoms with Gasteiger partial charge in [-0.05, 0) is 48.6 Å². The lowest BCUT2D eigenvalue weighted by atomic mass is 10.1. The summed E-state index contributed by atoms with van der Waals surface area (Å²) in [6.07, 6.45) is 3.87. The molecule has 25 heavy (non-hydrogen) atoms. The highest BCUT2D eigenvalue weighted by molar-refractivity contribution is 5.97. The number of nitrogens with zero attached hydrogens (tertiary/aromatic N) is 3. The molecule has 0 spiro atoms. The maximum atomic E-state index is 12.8. The summed E-state index contributed by atoms with van der Waals surface area (Å²) in [5.41, 5.74) is 5.55. The Kier molecular flexibility index (Phi) is 3.20. The minimum atomic E-state index is 0.169. The van der Waals surface area contributed by atoms with Crippen molar-refractivity contribution in [2.45, 2.75) is 31.6 Å². The van der Waals surface area contributed by atoms with E-state index in [0.717, 1.165) is 35.2 Å². The van der Waals surface area contributed by atoms with Crippen LogP contribution in [0, 0.1) is 0 Å². The van der Waals surface area contributed by atoms with Gasteiger partial charge in [0, 0.05) is 25.2 Å². The van der Waals surface area contributed by atoms with Crippen LogP contribution in [0.25, 0.3) is 11.0 Å². The van der Waals surface area contributed by atoms with Gasteiger partial charge in [-0.3, -0.25) is 4.79 Å². The molecule has 1 aliphatic carbocycles. The van der Waals surface area contributed by atoms with Gasteiger partial charge in [-0.1, -0.05) is 24.3 Å². The van der Waals surface area contributed by atoms with Gasteiger partial charge in [0.2, 0.25) is 5.91 Å². The van der Waals surface area contributed by atoms with E-state index >= 15 is 0 Å². The standard InChI is InChI=1S/C21H21N3O/c1-23-19-9-6-14(12-17(19)22-21(23)16-7-8-16)13-20(25)24-11-10-15-4-2-3-5-18(15)24/h2-6,9,12,16H,7-8,10-11,13H2,1H3. The largest absolute Gasteiger partial charge is 0.331 e. The van der Waals surface area contributed by atoms with Gasteiger partial charge in [0.05, 0.1) is 17.5 Å². The van der Waals surface area contributed by atoms with Crippen LogP contribution in [0.4, 0.5) is 5.69 Å². The Morgan fingerprint density at radius 2 is 2.04 bits per heavy atom. The summed E-state index contributed by atoms with van der Waals surface area (Å²) in [4.78, 5) is 19.5. The third-order valence-electron chi connectivity index (χ3n) is 5.47. The van der Waals surface area contributed by atoms with E-state index in [9.17, 15) is 4.79 Å². The highest BCUT2D eigenvalue weighted by atomic mass is 16.2. The average molecular weight is 331 g/mol. The first-order chi connectivity index (χ1) is 12.2. The summed E-state index contributed by atoms with van der Waals surface area (Å²) in [6, 6.07) is 14.5. The van der Waals surface area contributed by atoms with Crippen molar-refractivity contribution in [3.8, 4) is 0 Å². The van der Waals surface area contributed by atoms with Crippen molar-refractivity contribution in [1.29, 1.82) is 0 Å². The Morgan fingerprint density at radius 1 is 1.20 bits per heavy atom. The molecule has 4 heteroatoms. The van der Waals surface area contributed by atoms with Gasteiger partial charge in [-0.15, -0.1) is 0 Å². The second-order valence-electron chi connectivity index (χ2n) is 7.23. The number of aromatic nitrogens is 2. The third kappa shape index (κ3) is 2.44. The third-order valence-corrected chi connectivity index (χ3v) is 5.47. The number of anilines is 1. The van der Waals surface area contributed by atoms with Crippen molar-refractivity contribution in [2.75, 3.05) is 11.4 Å². The van der Waals surface area contributed by atoms with E-state index in [1.807, 2.05) is 23.1 Å². The number of amides is 1. The van der Waals surface area contributed by atoms with Gasteiger partial charge in [0.15, 0.2) is 0 Å². The summed E-state index contributed by atoms with van der Waals surface area (Å²) in [6.45, 7) is 0.788. The van der Waals surface area contributed by atoms with E-state index in [0.29, 0.717) is 12.3 Å². The van der Waals surface area contributed by atoms with Crippen molar-refractivity contribution in [1.82, 2.24) is 9.55 Å². The maximum Gasteiger partial charge on any atom is 0.231 e. The molecule has 0 radical (unpaired) electrons. The van der Waals surface area contributed by atoms with Crippen LogP contribution in [0.15, 0.2) is 42.5 Å². The fraction of sp³-hybridized carbons (Fsp3) is 0.333. The highest BCUT2D eigenvalue weighted by Crippen LogP contribution is 2.40. The quantitative estimate of drug-likeness (QED) is 0.736. The molecule has 2 heterocycles. The molecular weight excluding hydrogens is 310 g/mol. The molecule has 1 aromatic heterocycles. The average Bonchev–Trinajstić information content (AvgIpc) is 3.29. The summed E-state index contributed by atoms with van der Waals surface area (Å²) < 4.78 is 2.20. The van der Waals surface area contributed by atoms with Crippen LogP contribution in [0.5, 0.6) is 0 Å². The van der Waals surface area contributed by atoms with Crippen LogP contribution >= 0.6 is 0 Å². The lowest BCUT2D eigenvalue weighted by molar-refractivity contribution is -0.117. The number of para-hydroxylation sites is 1. The Labute approximate surface area is 147 Å². The molecule has 4 nitrogen and oxygen atoms in total. The van der Waals surface area contributed by atoms with Crippen molar-refractivity contribution in [2.24, 2.45) is 7.05 Å². The molecule has 0 atom stereocenters. The predicted octanol–water partition coefficient (Wildman–Crippen LogP) is 3.58. The number of fused-ring (bicyclic) bond motifs is 2. The van der Waals surface area contributed by atoms with E-state index < -0.39 is 0 Å². The molecule has 1 saturated carbocycles. The number of benzene rings is 2. The SMILES string of the molecule is Cn1c(C2CC2)nc2cc(CC(=O)N3CCc4ccccc43)ccc21. The normalized spacial score (nSPS) is 16.4. The molecule has 2 aliphatic rings. The number of hydrogen-bond acceptors (Lipinski definition) is 2. The lowest BCUT2D eigenvalue weighted by Crippen LogP contribution is -2.30. The molecule has 1 aliphatic heterocycles. The molecule has 1 amide bonds. The Balaban J connectivity index is 1.41. The fourth-order valence-corrected chi connectivity index (χ4v) is 3.95. The van der Waals surface area contributed by atoms with Crippen LogP contribution in [-0.2, 0) is 24.7 Å². The number of imidazole rings is 1. The highest BCUT2D eigenvalue weighted by Gasteiger charge is 2.29. The second kappa shape index (κ2) is 5.45. The summed E-state index contributed by atoms with van der Waals surface area (Å²) in [5, 5.41) is 0. The van der Waals surface area contributed by atoms with Gasteiger partial charge in [-0.2, -0.15) is 0 Å². The van der Waals surface area contributed by atoms with E-state index in [4.69, 9.17) is 4.98 Å². The van der Waals surface area contributed by atoms with Gasteiger partial charge in [-0.25, -0.2) is 4.98 Å². The molecule has 5 rings (SSSR count). The lowest BCUT2D eigenvalue weighted by Gasteiger charge is -2.17. The summed E-state index contributed by atoms with van der Waals surface area (Å²) in [5.74, 6) is 1.98. The Morgan fingerprint density at radius 3 is 2.88 bits per heavy atom. The monoisotopic (exact) mass is 331 g/mol. The molecule has 3 aromatic rings. The first-order valence-corrected chi connectivity index (χ1v) is 9.04. The molecule has 0 saturated heterocycles. The van der Waals surface area contributed by atoms with E-state index in [2.05, 4.69) is 35.9 Å². The van der Waals surface area contributed by atoms with E-state index in [1.54, 1.807) is 0 Å². The molecular formula is C21H21N3O. The second-order valence-corrected chi connectivity index (χ2v) is 7.23. The van der Waals surface area contributed by atoms with Crippen LogP contribution < -0.4 is 4.90 Å². The minimum Gasteiger partial charge on any atom is -0.331 e. The molecule has 1 fully saturated rings. The van der Waals surface area contributed by atoms with Crippen molar-refractivity contribution < 1.29 is 4.79 Å². The van der Waals surface area contributed by atoms with Crippen molar-refractivity contribution >= 4 is 22.6 Å².